The Labute approximate surface area is 459 Å². The first-order chi connectivity index (χ1) is 36.7. The van der Waals surface area contributed by atoms with Gasteiger partial charge in [0.2, 0.25) is 5.91 Å². The van der Waals surface area contributed by atoms with Gasteiger partial charge in [-0.05, 0) is 64.2 Å². The Morgan fingerprint density at radius 3 is 1.40 bits per heavy atom. The Balaban J connectivity index is 2.67. The fraction of sp³-hybridized carbons (Fsp3) is 0.844. The summed E-state index contributed by atoms with van der Waals surface area (Å²) in [5.74, 6) is -1.20. The minimum Gasteiger partial charge on any atom is -0.454 e. The average Bonchev–Trinajstić information content (AvgIpc) is 3.41. The SMILES string of the molecule is CCCCC/C=C\C/C=C\C/C=C\CCCCCCCC(O)C(=O)NC(COC1OC(CO)C(O)C(O)C1OC(=O)CCCCCCCCCCCCCCCCCCC)C(O)/C=C/CCCCCCCCCCC. The summed E-state index contributed by atoms with van der Waals surface area (Å²) in [6.07, 6.45) is 52.9. The highest BCUT2D eigenvalue weighted by Gasteiger charge is 2.47. The van der Waals surface area contributed by atoms with Crippen LogP contribution in [0.4, 0.5) is 0 Å². The maximum atomic E-state index is 13.4. The van der Waals surface area contributed by atoms with Crippen LogP contribution in [0.3, 0.4) is 0 Å². The normalized spacial score (nSPS) is 19.5. The number of carbonyl (C=O) groups is 2. The first-order valence-corrected chi connectivity index (χ1v) is 31.4. The molecular formula is C64H117NO10. The molecule has 1 saturated heterocycles. The number of carbonyl (C=O) groups excluding carboxylic acids is 2. The molecule has 0 aromatic carbocycles. The van der Waals surface area contributed by atoms with E-state index in [0.29, 0.717) is 12.8 Å². The molecule has 0 radical (unpaired) electrons. The summed E-state index contributed by atoms with van der Waals surface area (Å²) < 4.78 is 17.6. The van der Waals surface area contributed by atoms with Crippen molar-refractivity contribution in [2.45, 2.75) is 333 Å². The van der Waals surface area contributed by atoms with Crippen LogP contribution in [0, 0.1) is 0 Å². The summed E-state index contributed by atoms with van der Waals surface area (Å²) in [7, 11) is 0. The van der Waals surface area contributed by atoms with Crippen molar-refractivity contribution < 1.29 is 49.3 Å². The highest BCUT2D eigenvalue weighted by molar-refractivity contribution is 5.80. The fourth-order valence-electron chi connectivity index (χ4n) is 9.72. The monoisotopic (exact) mass is 1060 g/mol. The van der Waals surface area contributed by atoms with Crippen molar-refractivity contribution in [2.24, 2.45) is 0 Å². The number of hydrogen-bond acceptors (Lipinski definition) is 10. The number of hydrogen-bond donors (Lipinski definition) is 6. The number of ether oxygens (including phenoxy) is 3. The van der Waals surface area contributed by atoms with Crippen molar-refractivity contribution >= 4 is 11.9 Å². The molecule has 11 heteroatoms. The quantitative estimate of drug-likeness (QED) is 0.0195. The van der Waals surface area contributed by atoms with E-state index in [4.69, 9.17) is 14.2 Å². The van der Waals surface area contributed by atoms with Gasteiger partial charge in [0.25, 0.3) is 0 Å². The molecule has 0 saturated carbocycles. The van der Waals surface area contributed by atoms with Crippen LogP contribution in [0.15, 0.2) is 48.6 Å². The molecule has 0 spiro atoms. The third kappa shape index (κ3) is 40.5. The van der Waals surface area contributed by atoms with E-state index >= 15 is 0 Å². The summed E-state index contributed by atoms with van der Waals surface area (Å²) >= 11 is 0. The van der Waals surface area contributed by atoms with Crippen LogP contribution in [0.5, 0.6) is 0 Å². The van der Waals surface area contributed by atoms with Crippen molar-refractivity contribution in [2.75, 3.05) is 13.2 Å². The average molecular weight is 1060 g/mol. The molecule has 0 aromatic rings. The zero-order chi connectivity index (χ0) is 54.7. The van der Waals surface area contributed by atoms with Crippen LogP contribution in [0.2, 0.25) is 0 Å². The second kappa shape index (κ2) is 52.3. The van der Waals surface area contributed by atoms with Crippen molar-refractivity contribution in [3.63, 3.8) is 0 Å². The molecule has 1 heterocycles. The minimum absolute atomic E-state index is 0.125. The predicted molar refractivity (Wildman–Crippen MR) is 310 cm³/mol. The van der Waals surface area contributed by atoms with Crippen LogP contribution in [0.25, 0.3) is 0 Å². The number of unbranched alkanes of at least 4 members (excludes halogenated alkanes) is 33. The van der Waals surface area contributed by atoms with Gasteiger partial charge in [-0.25, -0.2) is 0 Å². The molecule has 6 N–H and O–H groups in total. The van der Waals surface area contributed by atoms with Gasteiger partial charge >= 0.3 is 5.97 Å². The number of esters is 1. The van der Waals surface area contributed by atoms with E-state index in [1.807, 2.05) is 6.08 Å². The first kappa shape index (κ1) is 70.6. The van der Waals surface area contributed by atoms with Gasteiger partial charge in [-0.2, -0.15) is 0 Å². The van der Waals surface area contributed by atoms with Crippen molar-refractivity contribution in [1.29, 1.82) is 0 Å². The molecule has 8 unspecified atom stereocenters. The highest BCUT2D eigenvalue weighted by atomic mass is 16.7. The van der Waals surface area contributed by atoms with Gasteiger partial charge in [-0.3, -0.25) is 9.59 Å². The largest absolute Gasteiger partial charge is 0.454 e. The zero-order valence-corrected chi connectivity index (χ0v) is 48.4. The molecule has 8 atom stereocenters. The lowest BCUT2D eigenvalue weighted by Gasteiger charge is -2.41. The summed E-state index contributed by atoms with van der Waals surface area (Å²) in [6.45, 7) is 5.76. The van der Waals surface area contributed by atoms with Crippen LogP contribution in [-0.2, 0) is 23.8 Å². The number of aliphatic hydroxyl groups excluding tert-OH is 5. The van der Waals surface area contributed by atoms with E-state index in [1.165, 1.54) is 154 Å². The topological polar surface area (TPSA) is 175 Å². The number of rotatable bonds is 53. The zero-order valence-electron chi connectivity index (χ0n) is 48.4. The lowest BCUT2D eigenvalue weighted by Crippen LogP contribution is -2.61. The highest BCUT2D eigenvalue weighted by Crippen LogP contribution is 2.26. The van der Waals surface area contributed by atoms with E-state index in [-0.39, 0.29) is 19.4 Å². The van der Waals surface area contributed by atoms with Crippen LogP contribution in [-0.4, -0.2) is 99.6 Å². The minimum atomic E-state index is -1.61. The maximum absolute atomic E-state index is 13.4. The number of nitrogens with one attached hydrogen (secondary N) is 1. The smallest absolute Gasteiger partial charge is 0.306 e. The second-order valence-corrected chi connectivity index (χ2v) is 21.8. The molecule has 0 bridgehead atoms. The standard InChI is InChI=1S/C64H117NO10/c1-4-7-10-13-16-19-22-24-26-28-30-31-33-36-39-42-45-48-51-57(68)63(72)65-55(56(67)50-47-44-41-38-35-21-18-15-12-9-6-3)54-73-64-62(61(71)60(70)58(53-66)74-64)75-59(69)52-49-46-43-40-37-34-32-29-27-25-23-20-17-14-11-8-5-2/h16,19,24,26,30-31,47,50,55-58,60-62,64,66-68,70-71H,4-15,17-18,20-23,25,27-29,32-46,48-49,51-54H2,1-3H3,(H,65,72)/b19-16-,26-24-,31-30-,50-47+. The second-order valence-electron chi connectivity index (χ2n) is 21.8. The Bertz CT molecular complexity index is 1400. The van der Waals surface area contributed by atoms with Crippen LogP contribution < -0.4 is 5.32 Å². The molecule has 0 aliphatic carbocycles. The van der Waals surface area contributed by atoms with E-state index in [1.54, 1.807) is 6.08 Å². The molecule has 11 nitrogen and oxygen atoms in total. The van der Waals surface area contributed by atoms with Gasteiger partial charge < -0.3 is 45.1 Å². The van der Waals surface area contributed by atoms with Crippen molar-refractivity contribution in [3.8, 4) is 0 Å². The molecule has 1 amide bonds. The Morgan fingerprint density at radius 1 is 0.520 bits per heavy atom. The van der Waals surface area contributed by atoms with Gasteiger partial charge in [0.05, 0.1) is 25.4 Å². The molecule has 75 heavy (non-hydrogen) atoms. The third-order valence-corrected chi connectivity index (χ3v) is 14.7. The van der Waals surface area contributed by atoms with Gasteiger partial charge in [0.15, 0.2) is 12.4 Å². The summed E-state index contributed by atoms with van der Waals surface area (Å²) in [5.41, 5.74) is 0. The molecule has 438 valence electrons. The van der Waals surface area contributed by atoms with Gasteiger partial charge in [0, 0.05) is 6.42 Å². The lowest BCUT2D eigenvalue weighted by atomic mass is 9.99. The maximum Gasteiger partial charge on any atom is 0.306 e. The molecule has 1 aliphatic rings. The van der Waals surface area contributed by atoms with Crippen LogP contribution >= 0.6 is 0 Å². The predicted octanol–water partition coefficient (Wildman–Crippen LogP) is 14.8. The first-order valence-electron chi connectivity index (χ1n) is 31.4. The number of allylic oxidation sites excluding steroid dienone is 7. The molecular weight excluding hydrogens is 943 g/mol. The summed E-state index contributed by atoms with van der Waals surface area (Å²) in [6, 6.07) is -1.03. The third-order valence-electron chi connectivity index (χ3n) is 14.7. The molecule has 1 aliphatic heterocycles. The lowest BCUT2D eigenvalue weighted by molar-refractivity contribution is -0.305. The van der Waals surface area contributed by atoms with Crippen molar-refractivity contribution in [3.05, 3.63) is 48.6 Å². The summed E-state index contributed by atoms with van der Waals surface area (Å²) in [4.78, 5) is 26.5. The van der Waals surface area contributed by atoms with E-state index < -0.39 is 67.4 Å². The fourth-order valence-corrected chi connectivity index (χ4v) is 9.72. The van der Waals surface area contributed by atoms with Crippen molar-refractivity contribution in [1.82, 2.24) is 5.32 Å². The van der Waals surface area contributed by atoms with E-state index in [2.05, 4.69) is 62.5 Å². The molecule has 1 rings (SSSR count). The van der Waals surface area contributed by atoms with Gasteiger partial charge in [-0.15, -0.1) is 0 Å². The number of aliphatic hydroxyl groups is 5. The van der Waals surface area contributed by atoms with Gasteiger partial charge in [-0.1, -0.05) is 262 Å². The Kier molecular flexibility index (Phi) is 49.3. The van der Waals surface area contributed by atoms with Gasteiger partial charge in [0.1, 0.15) is 24.4 Å². The molecule has 0 aromatic heterocycles. The summed E-state index contributed by atoms with van der Waals surface area (Å²) in [5, 5.41) is 56.9. The Hall–Kier alpha value is -2.38. The number of amides is 1. The van der Waals surface area contributed by atoms with E-state index in [9.17, 15) is 35.1 Å². The van der Waals surface area contributed by atoms with E-state index in [0.717, 1.165) is 83.5 Å². The Morgan fingerprint density at radius 2 is 0.920 bits per heavy atom. The molecule has 1 fully saturated rings. The van der Waals surface area contributed by atoms with Crippen LogP contribution in [0.1, 0.15) is 284 Å².